The summed E-state index contributed by atoms with van der Waals surface area (Å²) in [4.78, 5) is 21.3. The number of carbonyl (C=O) groups excluding carboxylic acids is 1. The van der Waals surface area contributed by atoms with Crippen LogP contribution in [0.1, 0.15) is 5.56 Å². The van der Waals surface area contributed by atoms with Gasteiger partial charge in [-0.1, -0.05) is 6.07 Å². The van der Waals surface area contributed by atoms with Crippen molar-refractivity contribution in [2.24, 2.45) is 0 Å². The molecule has 0 unspecified atom stereocenters. The van der Waals surface area contributed by atoms with E-state index in [0.717, 1.165) is 5.56 Å². The number of aliphatic carboxylic acids is 1. The minimum absolute atomic E-state index is 0.352. The van der Waals surface area contributed by atoms with Crippen LogP contribution >= 0.6 is 0 Å². The summed E-state index contributed by atoms with van der Waals surface area (Å²) in [6, 6.07) is 5.10. The van der Waals surface area contributed by atoms with Crippen molar-refractivity contribution in [1.29, 1.82) is 0 Å². The highest BCUT2D eigenvalue weighted by molar-refractivity contribution is 6.36. The largest absolute Gasteiger partial charge is 0.495 e. The smallest absolute Gasteiger partial charge is 0.394 e. The number of nitrogens with one attached hydrogen (secondary N) is 1. The van der Waals surface area contributed by atoms with E-state index in [2.05, 4.69) is 5.32 Å². The second kappa shape index (κ2) is 4.45. The van der Waals surface area contributed by atoms with E-state index in [0.29, 0.717) is 11.4 Å². The van der Waals surface area contributed by atoms with Gasteiger partial charge in [0.25, 0.3) is 0 Å². The highest BCUT2D eigenvalue weighted by Crippen LogP contribution is 2.24. The Kier molecular flexibility index (Phi) is 3.28. The molecule has 5 heteroatoms. The van der Waals surface area contributed by atoms with Crippen LogP contribution in [0.5, 0.6) is 5.75 Å². The molecule has 0 aliphatic rings. The van der Waals surface area contributed by atoms with Gasteiger partial charge in [0.05, 0.1) is 12.8 Å². The molecule has 0 atom stereocenters. The first-order valence-electron chi connectivity index (χ1n) is 4.23. The quantitative estimate of drug-likeness (QED) is 0.713. The van der Waals surface area contributed by atoms with Crippen LogP contribution in [-0.2, 0) is 9.59 Å². The van der Waals surface area contributed by atoms with Crippen molar-refractivity contribution in [3.8, 4) is 5.75 Å². The normalized spacial score (nSPS) is 9.47. The molecule has 0 spiro atoms. The van der Waals surface area contributed by atoms with Crippen LogP contribution in [0.4, 0.5) is 5.69 Å². The van der Waals surface area contributed by atoms with Crippen molar-refractivity contribution in [3.05, 3.63) is 23.8 Å². The van der Waals surface area contributed by atoms with Crippen LogP contribution in [0, 0.1) is 6.92 Å². The third-order valence-electron chi connectivity index (χ3n) is 1.80. The predicted octanol–water partition coefficient (Wildman–Crippen LogP) is 1.03. The molecule has 0 saturated carbocycles. The zero-order chi connectivity index (χ0) is 11.4. The molecule has 0 fully saturated rings. The van der Waals surface area contributed by atoms with Gasteiger partial charge in [0.2, 0.25) is 0 Å². The predicted molar refractivity (Wildman–Crippen MR) is 54.0 cm³/mol. The Balaban J connectivity index is 2.97. The number of carboxylic acid groups (broad SMARTS) is 1. The van der Waals surface area contributed by atoms with Crippen molar-refractivity contribution in [1.82, 2.24) is 0 Å². The zero-order valence-electron chi connectivity index (χ0n) is 8.40. The number of benzene rings is 1. The molecule has 5 nitrogen and oxygen atoms in total. The van der Waals surface area contributed by atoms with Crippen molar-refractivity contribution in [3.63, 3.8) is 0 Å². The molecule has 0 aliphatic carbocycles. The summed E-state index contributed by atoms with van der Waals surface area (Å²) in [5.74, 6) is -2.19. The molecule has 0 heterocycles. The van der Waals surface area contributed by atoms with Crippen molar-refractivity contribution < 1.29 is 19.4 Å². The first kappa shape index (κ1) is 11.0. The monoisotopic (exact) mass is 209 g/mol. The van der Waals surface area contributed by atoms with E-state index >= 15 is 0 Å². The van der Waals surface area contributed by atoms with Crippen molar-refractivity contribution in [2.75, 3.05) is 12.4 Å². The molecule has 1 aromatic carbocycles. The number of ether oxygens (including phenoxy) is 1. The lowest BCUT2D eigenvalue weighted by Crippen LogP contribution is -2.22. The Morgan fingerprint density at radius 3 is 2.60 bits per heavy atom. The number of carbonyl (C=O) groups is 2. The average molecular weight is 209 g/mol. The highest BCUT2D eigenvalue weighted by Gasteiger charge is 2.13. The van der Waals surface area contributed by atoms with Crippen LogP contribution in [0.2, 0.25) is 0 Å². The standard InChI is InChI=1S/C10H11NO4/c1-6-3-4-8(15-2)7(5-6)11-9(12)10(13)14/h3-5H,1-2H3,(H,11,12)(H,13,14). The number of amides is 1. The fraction of sp³-hybridized carbons (Fsp3) is 0.200. The Morgan fingerprint density at radius 1 is 1.40 bits per heavy atom. The molecule has 0 aliphatic heterocycles. The molecule has 2 N–H and O–H groups in total. The van der Waals surface area contributed by atoms with Crippen LogP contribution in [-0.4, -0.2) is 24.1 Å². The Hall–Kier alpha value is -2.04. The maximum absolute atomic E-state index is 10.9. The van der Waals surface area contributed by atoms with Gasteiger partial charge in [-0.05, 0) is 24.6 Å². The molecule has 0 saturated heterocycles. The zero-order valence-corrected chi connectivity index (χ0v) is 8.40. The number of hydrogen-bond donors (Lipinski definition) is 2. The summed E-state index contributed by atoms with van der Waals surface area (Å²) >= 11 is 0. The minimum atomic E-state index is -1.53. The second-order valence-corrected chi connectivity index (χ2v) is 2.96. The van der Waals surface area contributed by atoms with E-state index in [-0.39, 0.29) is 0 Å². The topological polar surface area (TPSA) is 75.6 Å². The summed E-state index contributed by atoms with van der Waals surface area (Å²) in [5.41, 5.74) is 1.25. The molecule has 1 rings (SSSR count). The van der Waals surface area contributed by atoms with Crippen LogP contribution < -0.4 is 10.1 Å². The van der Waals surface area contributed by atoms with Crippen LogP contribution in [0.25, 0.3) is 0 Å². The summed E-state index contributed by atoms with van der Waals surface area (Å²) in [6.45, 7) is 1.83. The molecule has 0 radical (unpaired) electrons. The van der Waals surface area contributed by atoms with Gasteiger partial charge in [-0.3, -0.25) is 4.79 Å². The van der Waals surface area contributed by atoms with Gasteiger partial charge in [-0.2, -0.15) is 0 Å². The molecular formula is C10H11NO4. The number of methoxy groups -OCH3 is 1. The molecule has 0 aromatic heterocycles. The molecule has 15 heavy (non-hydrogen) atoms. The molecule has 1 aromatic rings. The summed E-state index contributed by atoms with van der Waals surface area (Å²) in [6.07, 6.45) is 0. The molecule has 1 amide bonds. The Labute approximate surface area is 86.7 Å². The summed E-state index contributed by atoms with van der Waals surface area (Å²) < 4.78 is 4.97. The number of hydrogen-bond acceptors (Lipinski definition) is 3. The highest BCUT2D eigenvalue weighted by atomic mass is 16.5. The van der Waals surface area contributed by atoms with Gasteiger partial charge in [-0.25, -0.2) is 4.79 Å². The summed E-state index contributed by atoms with van der Waals surface area (Å²) in [5, 5.41) is 10.7. The fourth-order valence-corrected chi connectivity index (χ4v) is 1.10. The first-order chi connectivity index (χ1) is 7.04. The van der Waals surface area contributed by atoms with Crippen LogP contribution in [0.15, 0.2) is 18.2 Å². The van der Waals surface area contributed by atoms with Crippen LogP contribution in [0.3, 0.4) is 0 Å². The first-order valence-corrected chi connectivity index (χ1v) is 4.23. The van der Waals surface area contributed by atoms with Gasteiger partial charge in [0.1, 0.15) is 5.75 Å². The molecular weight excluding hydrogens is 198 g/mol. The van der Waals surface area contributed by atoms with Crippen molar-refractivity contribution in [2.45, 2.75) is 6.92 Å². The number of aryl methyl sites for hydroxylation is 1. The average Bonchev–Trinajstić information content (AvgIpc) is 2.18. The van der Waals surface area contributed by atoms with Gasteiger partial charge in [0, 0.05) is 0 Å². The van der Waals surface area contributed by atoms with Crippen molar-refractivity contribution >= 4 is 17.6 Å². The minimum Gasteiger partial charge on any atom is -0.495 e. The third kappa shape index (κ3) is 2.70. The SMILES string of the molecule is COc1ccc(C)cc1NC(=O)C(=O)O. The molecule has 0 bridgehead atoms. The van der Waals surface area contributed by atoms with E-state index < -0.39 is 11.9 Å². The summed E-state index contributed by atoms with van der Waals surface area (Å²) in [7, 11) is 1.45. The lowest BCUT2D eigenvalue weighted by atomic mass is 10.2. The van der Waals surface area contributed by atoms with E-state index in [1.165, 1.54) is 7.11 Å². The molecule has 80 valence electrons. The Bertz CT molecular complexity index is 400. The fourth-order valence-electron chi connectivity index (χ4n) is 1.10. The number of rotatable bonds is 2. The van der Waals surface area contributed by atoms with E-state index in [1.54, 1.807) is 18.2 Å². The third-order valence-corrected chi connectivity index (χ3v) is 1.80. The van der Waals surface area contributed by atoms with E-state index in [9.17, 15) is 9.59 Å². The lowest BCUT2D eigenvalue weighted by Gasteiger charge is -2.09. The Morgan fingerprint density at radius 2 is 2.07 bits per heavy atom. The van der Waals surface area contributed by atoms with E-state index in [1.807, 2.05) is 6.92 Å². The maximum atomic E-state index is 10.9. The van der Waals surface area contributed by atoms with Gasteiger partial charge in [-0.15, -0.1) is 0 Å². The van der Waals surface area contributed by atoms with Gasteiger partial charge >= 0.3 is 11.9 Å². The number of anilines is 1. The lowest BCUT2D eigenvalue weighted by molar-refractivity contribution is -0.147. The van der Waals surface area contributed by atoms with Gasteiger partial charge in [0.15, 0.2) is 0 Å². The number of carboxylic acids is 1. The maximum Gasteiger partial charge on any atom is 0.394 e. The van der Waals surface area contributed by atoms with Gasteiger partial charge < -0.3 is 15.2 Å². The van der Waals surface area contributed by atoms with E-state index in [4.69, 9.17) is 9.84 Å². The second-order valence-electron chi connectivity index (χ2n) is 2.96.